The number of nitrogens with zero attached hydrogens (tertiary/aromatic N) is 4. The van der Waals surface area contributed by atoms with Crippen LogP contribution in [0, 0.1) is 11.6 Å². The van der Waals surface area contributed by atoms with E-state index in [1.165, 1.54) is 12.1 Å². The van der Waals surface area contributed by atoms with E-state index in [0.717, 1.165) is 18.1 Å². The third-order valence-electron chi connectivity index (χ3n) is 5.41. The highest BCUT2D eigenvalue weighted by Gasteiger charge is 2.22. The van der Waals surface area contributed by atoms with Gasteiger partial charge in [0.1, 0.15) is 5.82 Å². The number of anilines is 1. The SMILES string of the molecule is O=C1CCCN(c2nc(-c3cccnc3)nc3ccc(-c4cccc(F)c4F)cc23)C1. The molecule has 2 aromatic carbocycles. The maximum atomic E-state index is 14.4. The highest BCUT2D eigenvalue weighted by Crippen LogP contribution is 2.33. The summed E-state index contributed by atoms with van der Waals surface area (Å²) in [6.45, 7) is 0.944. The Labute approximate surface area is 177 Å². The van der Waals surface area contributed by atoms with Gasteiger partial charge in [0.25, 0.3) is 0 Å². The number of rotatable bonds is 3. The minimum Gasteiger partial charge on any atom is -0.349 e. The predicted molar refractivity (Wildman–Crippen MR) is 115 cm³/mol. The number of hydrogen-bond donors (Lipinski definition) is 0. The molecule has 3 heterocycles. The second-order valence-corrected chi connectivity index (χ2v) is 7.51. The number of ketones is 1. The summed E-state index contributed by atoms with van der Waals surface area (Å²) in [5.74, 6) is -0.547. The molecule has 0 radical (unpaired) electrons. The Morgan fingerprint density at radius 1 is 0.968 bits per heavy atom. The molecule has 5 nitrogen and oxygen atoms in total. The number of fused-ring (bicyclic) bond motifs is 1. The molecule has 1 saturated heterocycles. The molecular weight excluding hydrogens is 398 g/mol. The van der Waals surface area contributed by atoms with Crippen LogP contribution < -0.4 is 4.90 Å². The lowest BCUT2D eigenvalue weighted by molar-refractivity contribution is -0.118. The summed E-state index contributed by atoms with van der Waals surface area (Å²) in [6.07, 6.45) is 4.65. The number of pyridine rings is 1. The molecule has 0 amide bonds. The van der Waals surface area contributed by atoms with Crippen LogP contribution >= 0.6 is 0 Å². The number of aromatic nitrogens is 3. The van der Waals surface area contributed by atoms with Crippen molar-refractivity contribution in [3.8, 4) is 22.5 Å². The van der Waals surface area contributed by atoms with Gasteiger partial charge in [-0.15, -0.1) is 0 Å². The van der Waals surface area contributed by atoms with Crippen LogP contribution in [0.3, 0.4) is 0 Å². The van der Waals surface area contributed by atoms with Crippen molar-refractivity contribution in [1.29, 1.82) is 0 Å². The summed E-state index contributed by atoms with van der Waals surface area (Å²) in [6, 6.07) is 13.0. The van der Waals surface area contributed by atoms with E-state index in [1.54, 1.807) is 30.6 Å². The predicted octanol–water partition coefficient (Wildman–Crippen LogP) is 4.81. The van der Waals surface area contributed by atoms with Crippen LogP contribution in [0.1, 0.15) is 12.8 Å². The van der Waals surface area contributed by atoms with E-state index in [4.69, 9.17) is 4.98 Å². The summed E-state index contributed by atoms with van der Waals surface area (Å²) in [5.41, 5.74) is 2.10. The Morgan fingerprint density at radius 2 is 1.87 bits per heavy atom. The molecule has 5 rings (SSSR count). The molecule has 1 fully saturated rings. The molecule has 0 saturated carbocycles. The van der Waals surface area contributed by atoms with Gasteiger partial charge in [0, 0.05) is 41.9 Å². The van der Waals surface area contributed by atoms with Crippen molar-refractivity contribution in [2.75, 3.05) is 18.0 Å². The molecule has 0 aliphatic carbocycles. The molecule has 31 heavy (non-hydrogen) atoms. The van der Waals surface area contributed by atoms with Crippen LogP contribution in [-0.2, 0) is 4.79 Å². The van der Waals surface area contributed by atoms with E-state index in [-0.39, 0.29) is 17.9 Å². The number of Topliss-reactive ketones (excluding diaryl/α,β-unsaturated/α-hetero) is 1. The molecule has 7 heteroatoms. The Bertz CT molecular complexity index is 1290. The van der Waals surface area contributed by atoms with E-state index in [1.807, 2.05) is 17.0 Å². The van der Waals surface area contributed by atoms with Crippen LogP contribution in [0.4, 0.5) is 14.6 Å². The Hall–Kier alpha value is -3.74. The van der Waals surface area contributed by atoms with Gasteiger partial charge in [-0.3, -0.25) is 9.78 Å². The summed E-state index contributed by atoms with van der Waals surface area (Å²) < 4.78 is 28.2. The van der Waals surface area contributed by atoms with Gasteiger partial charge in [0.2, 0.25) is 0 Å². The third-order valence-corrected chi connectivity index (χ3v) is 5.41. The number of carbonyl (C=O) groups is 1. The Balaban J connectivity index is 1.72. The van der Waals surface area contributed by atoms with Crippen molar-refractivity contribution >= 4 is 22.5 Å². The number of carbonyl (C=O) groups excluding carboxylic acids is 1. The van der Waals surface area contributed by atoms with Crippen molar-refractivity contribution in [3.63, 3.8) is 0 Å². The molecule has 0 N–H and O–H groups in total. The highest BCUT2D eigenvalue weighted by molar-refractivity contribution is 5.96. The minimum atomic E-state index is -0.900. The highest BCUT2D eigenvalue weighted by atomic mass is 19.2. The summed E-state index contributed by atoms with van der Waals surface area (Å²) in [4.78, 5) is 27.6. The molecule has 0 atom stereocenters. The fourth-order valence-corrected chi connectivity index (χ4v) is 3.89. The smallest absolute Gasteiger partial charge is 0.166 e. The van der Waals surface area contributed by atoms with Crippen molar-refractivity contribution in [2.45, 2.75) is 12.8 Å². The zero-order valence-electron chi connectivity index (χ0n) is 16.6. The first-order valence-electron chi connectivity index (χ1n) is 10.0. The van der Waals surface area contributed by atoms with Gasteiger partial charge < -0.3 is 4.90 Å². The first-order valence-corrected chi connectivity index (χ1v) is 10.0. The Morgan fingerprint density at radius 3 is 2.68 bits per heavy atom. The lowest BCUT2D eigenvalue weighted by Gasteiger charge is -2.28. The average Bonchev–Trinajstić information content (AvgIpc) is 2.80. The van der Waals surface area contributed by atoms with Gasteiger partial charge in [-0.25, -0.2) is 18.7 Å². The normalized spacial score (nSPS) is 14.3. The van der Waals surface area contributed by atoms with Gasteiger partial charge >= 0.3 is 0 Å². The topological polar surface area (TPSA) is 59.0 Å². The lowest BCUT2D eigenvalue weighted by atomic mass is 10.0. The van der Waals surface area contributed by atoms with Gasteiger partial charge in [0.15, 0.2) is 23.2 Å². The fraction of sp³-hybridized carbons (Fsp3) is 0.167. The van der Waals surface area contributed by atoms with Crippen molar-refractivity contribution < 1.29 is 13.6 Å². The molecule has 2 aromatic heterocycles. The maximum absolute atomic E-state index is 14.4. The zero-order chi connectivity index (χ0) is 21.4. The monoisotopic (exact) mass is 416 g/mol. The second kappa shape index (κ2) is 7.83. The summed E-state index contributed by atoms with van der Waals surface area (Å²) >= 11 is 0. The molecule has 4 aromatic rings. The van der Waals surface area contributed by atoms with E-state index in [9.17, 15) is 13.6 Å². The van der Waals surface area contributed by atoms with E-state index >= 15 is 0 Å². The second-order valence-electron chi connectivity index (χ2n) is 7.51. The largest absolute Gasteiger partial charge is 0.349 e. The molecular formula is C24H18F2N4O. The first-order chi connectivity index (χ1) is 15.1. The molecule has 154 valence electrons. The van der Waals surface area contributed by atoms with Crippen molar-refractivity contribution in [2.24, 2.45) is 0 Å². The number of halogens is 2. The van der Waals surface area contributed by atoms with Gasteiger partial charge in [0.05, 0.1) is 12.1 Å². The van der Waals surface area contributed by atoms with Crippen LogP contribution in [0.5, 0.6) is 0 Å². The van der Waals surface area contributed by atoms with Crippen molar-refractivity contribution in [3.05, 3.63) is 72.6 Å². The molecule has 0 bridgehead atoms. The quantitative estimate of drug-likeness (QED) is 0.480. The van der Waals surface area contributed by atoms with Gasteiger partial charge in [-0.05, 0) is 42.3 Å². The number of hydrogen-bond acceptors (Lipinski definition) is 5. The standard InChI is InChI=1S/C24H18F2N4O/c25-20-7-1-6-18(22(20)26)15-8-9-21-19(12-15)24(30-11-3-5-17(31)14-30)29-23(28-21)16-4-2-10-27-13-16/h1-2,4,6-10,12-13H,3,5,11,14H2. The Kier molecular flexibility index (Phi) is 4.86. The minimum absolute atomic E-state index is 0.147. The molecule has 0 unspecified atom stereocenters. The van der Waals surface area contributed by atoms with Crippen molar-refractivity contribution in [1.82, 2.24) is 15.0 Å². The molecule has 1 aliphatic rings. The maximum Gasteiger partial charge on any atom is 0.166 e. The van der Waals surface area contributed by atoms with Crippen LogP contribution in [0.25, 0.3) is 33.4 Å². The van der Waals surface area contributed by atoms with Gasteiger partial charge in [-0.1, -0.05) is 18.2 Å². The lowest BCUT2D eigenvalue weighted by Crippen LogP contribution is -2.36. The third kappa shape index (κ3) is 3.63. The van der Waals surface area contributed by atoms with Crippen LogP contribution in [-0.4, -0.2) is 33.8 Å². The number of benzene rings is 2. The van der Waals surface area contributed by atoms with E-state index < -0.39 is 11.6 Å². The average molecular weight is 416 g/mol. The van der Waals surface area contributed by atoms with E-state index in [2.05, 4.69) is 9.97 Å². The van der Waals surface area contributed by atoms with Crippen LogP contribution in [0.2, 0.25) is 0 Å². The van der Waals surface area contributed by atoms with Crippen LogP contribution in [0.15, 0.2) is 60.9 Å². The van der Waals surface area contributed by atoms with E-state index in [0.29, 0.717) is 41.1 Å². The first kappa shape index (κ1) is 19.2. The number of piperidine rings is 1. The summed E-state index contributed by atoms with van der Waals surface area (Å²) in [5, 5.41) is 0.684. The fourth-order valence-electron chi connectivity index (χ4n) is 3.89. The zero-order valence-corrected chi connectivity index (χ0v) is 16.6. The molecule has 0 spiro atoms. The molecule has 1 aliphatic heterocycles. The van der Waals surface area contributed by atoms with Gasteiger partial charge in [-0.2, -0.15) is 0 Å². The summed E-state index contributed by atoms with van der Waals surface area (Å²) in [7, 11) is 0.